The predicted octanol–water partition coefficient (Wildman–Crippen LogP) is 13.3. The van der Waals surface area contributed by atoms with Crippen molar-refractivity contribution in [3.05, 3.63) is 249 Å². The Labute approximate surface area is 465 Å². The van der Waals surface area contributed by atoms with Crippen LogP contribution in [0.2, 0.25) is 0 Å². The van der Waals surface area contributed by atoms with Crippen LogP contribution < -0.4 is 25.1 Å². The Balaban J connectivity index is 0.000000157. The minimum Gasteiger partial charge on any atom is -0.489 e. The number of ether oxygens (including phenoxy) is 3. The molecule has 0 saturated carbocycles. The van der Waals surface area contributed by atoms with Crippen LogP contribution in [0.25, 0.3) is 22.5 Å². The zero-order valence-corrected chi connectivity index (χ0v) is 46.7. The van der Waals surface area contributed by atoms with Crippen molar-refractivity contribution in [3.8, 4) is 39.8 Å². The van der Waals surface area contributed by atoms with Gasteiger partial charge in [0, 0.05) is 44.1 Å². The molecule has 4 heterocycles. The van der Waals surface area contributed by atoms with E-state index in [1.807, 2.05) is 158 Å². The average molecular weight is 1190 g/mol. The summed E-state index contributed by atoms with van der Waals surface area (Å²) in [6.07, 6.45) is 5.37. The summed E-state index contributed by atoms with van der Waals surface area (Å²) >= 11 is 9.87. The van der Waals surface area contributed by atoms with Gasteiger partial charge in [-0.15, -0.1) is 0 Å². The van der Waals surface area contributed by atoms with Gasteiger partial charge in [-0.1, -0.05) is 109 Å². The number of benzene rings is 6. The summed E-state index contributed by atoms with van der Waals surface area (Å²) in [5.74, 6) is 2.41. The molecule has 15 heteroatoms. The van der Waals surface area contributed by atoms with Gasteiger partial charge in [-0.2, -0.15) is 0 Å². The minimum absolute atomic E-state index is 0.355. The first kappa shape index (κ1) is 56.3. The highest BCUT2D eigenvalue weighted by Gasteiger charge is 2.51. The van der Waals surface area contributed by atoms with Crippen molar-refractivity contribution < 1.29 is 33.6 Å². The molecule has 1 saturated heterocycles. The number of halogens is 3. The molecule has 3 aromatic heterocycles. The third kappa shape index (κ3) is 17.9. The average Bonchev–Trinajstić information content (AvgIpc) is 3.67. The smallest absolute Gasteiger partial charge is 0.489 e. The fourth-order valence-corrected chi connectivity index (χ4v) is 7.71. The van der Waals surface area contributed by atoms with E-state index in [0.29, 0.717) is 31.0 Å². The van der Waals surface area contributed by atoms with E-state index in [1.165, 1.54) is 0 Å². The highest BCUT2D eigenvalue weighted by molar-refractivity contribution is 9.11. The van der Waals surface area contributed by atoms with Crippen molar-refractivity contribution in [3.63, 3.8) is 0 Å². The zero-order valence-electron chi connectivity index (χ0n) is 42.0. The van der Waals surface area contributed by atoms with Crippen LogP contribution in [0.5, 0.6) is 17.2 Å². The van der Waals surface area contributed by atoms with Crippen molar-refractivity contribution in [2.24, 2.45) is 0 Å². The first-order chi connectivity index (χ1) is 36.2. The van der Waals surface area contributed by atoms with Crippen molar-refractivity contribution in [1.29, 1.82) is 0 Å². The highest BCUT2D eigenvalue weighted by atomic mass is 79.9. The quantitative estimate of drug-likeness (QED) is 0.0851. The van der Waals surface area contributed by atoms with Gasteiger partial charge in [0.15, 0.2) is 0 Å². The van der Waals surface area contributed by atoms with Gasteiger partial charge in [0.2, 0.25) is 0 Å². The summed E-state index contributed by atoms with van der Waals surface area (Å²) in [4.78, 5) is 12.9. The van der Waals surface area contributed by atoms with Crippen molar-refractivity contribution in [1.82, 2.24) is 15.0 Å². The maximum Gasteiger partial charge on any atom is 0.496 e. The van der Waals surface area contributed by atoms with Gasteiger partial charge in [-0.05, 0) is 189 Å². The Morgan fingerprint density at radius 2 is 0.813 bits per heavy atom. The fraction of sp³-hybridized carbons (Fsp3) is 0.150. The van der Waals surface area contributed by atoms with Crippen molar-refractivity contribution in [2.75, 3.05) is 0 Å². The van der Waals surface area contributed by atoms with Crippen LogP contribution in [-0.2, 0) is 29.1 Å². The Hall–Kier alpha value is -6.42. The van der Waals surface area contributed by atoms with Gasteiger partial charge >= 0.3 is 14.2 Å². The molecule has 0 spiro atoms. The Morgan fingerprint density at radius 1 is 0.440 bits per heavy atom. The molecule has 0 amide bonds. The SMILES string of the molecule is Brc1ccc(-c2ccc(OCc3ccccc3)cc2)nc1.Brc1ccc(Br)nc1.CC1(C)OB(c2ccc(-c3ccc(OCc4ccccc4)cc3)nc2)OC1(C)C.OB(O)c1ccc(OCc2ccccc2)cc1. The Morgan fingerprint density at radius 3 is 1.15 bits per heavy atom. The summed E-state index contributed by atoms with van der Waals surface area (Å²) in [6, 6.07) is 64.7. The lowest BCUT2D eigenvalue weighted by Gasteiger charge is -2.32. The molecule has 1 aliphatic rings. The molecule has 0 radical (unpaired) electrons. The lowest BCUT2D eigenvalue weighted by Crippen LogP contribution is -2.41. The van der Waals surface area contributed by atoms with Gasteiger partial charge in [-0.25, -0.2) is 4.98 Å². The van der Waals surface area contributed by atoms with Gasteiger partial charge in [0.25, 0.3) is 0 Å². The summed E-state index contributed by atoms with van der Waals surface area (Å²) < 4.78 is 32.2. The molecule has 0 atom stereocenters. The molecule has 380 valence electrons. The van der Waals surface area contributed by atoms with Crippen molar-refractivity contribution >= 4 is 73.0 Å². The van der Waals surface area contributed by atoms with Gasteiger partial charge in [-0.3, -0.25) is 9.97 Å². The van der Waals surface area contributed by atoms with E-state index in [1.54, 1.807) is 36.7 Å². The molecule has 9 aromatic rings. The van der Waals surface area contributed by atoms with Gasteiger partial charge in [0.1, 0.15) is 41.7 Å². The zero-order chi connectivity index (χ0) is 53.0. The maximum atomic E-state index is 8.94. The second-order valence-corrected chi connectivity index (χ2v) is 20.7. The first-order valence-corrected chi connectivity index (χ1v) is 26.4. The largest absolute Gasteiger partial charge is 0.496 e. The third-order valence-electron chi connectivity index (χ3n) is 12.0. The molecule has 0 unspecified atom stereocenters. The second-order valence-electron chi connectivity index (χ2n) is 18.0. The summed E-state index contributed by atoms with van der Waals surface area (Å²) in [7, 11) is -1.83. The Bertz CT molecular complexity index is 3040. The van der Waals surface area contributed by atoms with E-state index < -0.39 is 14.2 Å². The van der Waals surface area contributed by atoms with Crippen LogP contribution in [0, 0.1) is 0 Å². The molecular weight excluding hydrogens is 1140 g/mol. The minimum atomic E-state index is -1.43. The van der Waals surface area contributed by atoms with Gasteiger partial charge in [0.05, 0.1) is 22.6 Å². The number of pyridine rings is 3. The van der Waals surface area contributed by atoms with Crippen LogP contribution in [-0.4, -0.2) is 50.4 Å². The van der Waals surface area contributed by atoms with E-state index in [0.717, 1.165) is 69.7 Å². The Kier molecular flexibility index (Phi) is 21.0. The lowest BCUT2D eigenvalue weighted by atomic mass is 9.80. The monoisotopic (exact) mass is 1190 g/mol. The van der Waals surface area contributed by atoms with Crippen LogP contribution in [0.4, 0.5) is 0 Å². The molecule has 0 aliphatic carbocycles. The summed E-state index contributed by atoms with van der Waals surface area (Å²) in [6.45, 7) is 9.85. The van der Waals surface area contributed by atoms with Crippen LogP contribution in [0.1, 0.15) is 44.4 Å². The summed E-state index contributed by atoms with van der Waals surface area (Å²) in [5, 5.41) is 17.9. The molecular formula is C60H56B2Br3N3O7. The third-order valence-corrected chi connectivity index (χ3v) is 13.4. The standard InChI is InChI=1S/C24H26BNO3.C18H14BrNO.C13H13BO3.C5H3Br2N/c1-23(2)24(3,4)29-25(28-23)20-12-15-22(26-16-20)19-10-13-21(14-11-19)27-17-18-8-6-5-7-9-18;19-16-8-11-18(20-12-16)15-6-9-17(10-7-15)21-13-14-4-2-1-3-5-14;15-14(16)12-6-8-13(9-7-12)17-10-11-4-2-1-3-5-11;6-4-1-2-5(7)8-3-4/h5-16H,17H2,1-4H3;1-12H,13H2;1-9,15-16H,10H2;1-3H. The van der Waals surface area contributed by atoms with Crippen molar-refractivity contribution in [2.45, 2.75) is 58.7 Å². The van der Waals surface area contributed by atoms with Gasteiger partial charge < -0.3 is 33.6 Å². The fourth-order valence-electron chi connectivity index (χ4n) is 7.00. The predicted molar refractivity (Wildman–Crippen MR) is 311 cm³/mol. The summed E-state index contributed by atoms with van der Waals surface area (Å²) in [5.41, 5.74) is 8.05. The highest BCUT2D eigenvalue weighted by Crippen LogP contribution is 2.36. The second kappa shape index (κ2) is 27.9. The van der Waals surface area contributed by atoms with Crippen LogP contribution in [0.15, 0.2) is 232 Å². The van der Waals surface area contributed by atoms with E-state index in [2.05, 4.69) is 115 Å². The molecule has 75 heavy (non-hydrogen) atoms. The topological polar surface area (TPSA) is 125 Å². The lowest BCUT2D eigenvalue weighted by molar-refractivity contribution is 0.00578. The molecule has 6 aromatic carbocycles. The molecule has 0 bridgehead atoms. The number of hydrogen-bond acceptors (Lipinski definition) is 10. The number of rotatable bonds is 13. The maximum absolute atomic E-state index is 8.94. The molecule has 1 aliphatic heterocycles. The normalized spacial score (nSPS) is 12.8. The van der Waals surface area contributed by atoms with E-state index >= 15 is 0 Å². The molecule has 2 N–H and O–H groups in total. The molecule has 10 rings (SSSR count). The van der Waals surface area contributed by atoms with Crippen LogP contribution >= 0.6 is 47.8 Å². The number of aromatic nitrogens is 3. The van der Waals surface area contributed by atoms with E-state index in [4.69, 9.17) is 33.6 Å². The van der Waals surface area contributed by atoms with E-state index in [9.17, 15) is 0 Å². The molecule has 10 nitrogen and oxygen atoms in total. The molecule has 1 fully saturated rings. The first-order valence-electron chi connectivity index (χ1n) is 24.1. The van der Waals surface area contributed by atoms with Crippen LogP contribution in [0.3, 0.4) is 0 Å². The van der Waals surface area contributed by atoms with E-state index in [-0.39, 0.29) is 11.2 Å². The number of hydrogen-bond donors (Lipinski definition) is 2. The number of nitrogens with zero attached hydrogens (tertiary/aromatic N) is 3.